The van der Waals surface area contributed by atoms with Crippen LogP contribution in [0.25, 0.3) is 10.8 Å². The van der Waals surface area contributed by atoms with Gasteiger partial charge in [0.05, 0.1) is 0 Å². The summed E-state index contributed by atoms with van der Waals surface area (Å²) in [5, 5.41) is 13.5. The number of hydrogen-bond acceptors (Lipinski definition) is 2. The van der Waals surface area contributed by atoms with Crippen LogP contribution in [0.5, 0.6) is 0 Å². The molecule has 0 aromatic heterocycles. The van der Waals surface area contributed by atoms with Gasteiger partial charge in [-0.2, -0.15) is 0 Å². The van der Waals surface area contributed by atoms with Crippen LogP contribution in [0.2, 0.25) is 0 Å². The monoisotopic (exact) mass is 180 g/mol. The zero-order valence-corrected chi connectivity index (χ0v) is 6.48. The predicted octanol–water partition coefficient (Wildman–Crippen LogP) is 1.61. The molecule has 0 N–H and O–H groups in total. The molecule has 0 radical (unpaired) electrons. The average molecular weight is 180 g/mol. The Morgan fingerprint density at radius 3 is 1.46 bits per heavy atom. The summed E-state index contributed by atoms with van der Waals surface area (Å²) < 4.78 is 11.9. The van der Waals surface area contributed by atoms with Crippen LogP contribution in [0.4, 0.5) is 4.39 Å². The molecular formula is C8H5FN2O2-2. The first-order valence-electron chi connectivity index (χ1n) is 2.96. The maximum absolute atomic E-state index is 11.9. The van der Waals surface area contributed by atoms with Crippen molar-refractivity contribution in [1.29, 1.82) is 0 Å². The fraction of sp³-hybridized carbons (Fsp3) is 0. The molecule has 0 fully saturated rings. The summed E-state index contributed by atoms with van der Waals surface area (Å²) in [7, 11) is 0. The van der Waals surface area contributed by atoms with E-state index in [9.17, 15) is 4.39 Å². The Labute approximate surface area is 74.0 Å². The highest BCUT2D eigenvalue weighted by molar-refractivity contribution is 5.37. The molecule has 0 unspecified atom stereocenters. The smallest absolute Gasteiger partial charge is 0.123 e. The van der Waals surface area contributed by atoms with Crippen LogP contribution in [0.15, 0.2) is 30.3 Å². The van der Waals surface area contributed by atoms with Gasteiger partial charge >= 0.3 is 0 Å². The van der Waals surface area contributed by atoms with Crippen LogP contribution in [0.1, 0.15) is 0 Å². The van der Waals surface area contributed by atoms with Gasteiger partial charge in [0.2, 0.25) is 0 Å². The standard InChI is InChI=1S/C6H5F.2CNO/c7-6-4-2-1-3-5-6;2*2-1-3/h1-5H;;/q;2*-1. The largest absolute Gasteiger partial charge is 0.724 e. The number of carbonyl (C=O) groups excluding carboxylic acids is 2. The van der Waals surface area contributed by atoms with E-state index in [0.717, 1.165) is 0 Å². The van der Waals surface area contributed by atoms with Gasteiger partial charge in [-0.1, -0.05) is 18.2 Å². The Kier molecular flexibility index (Phi) is 13.1. The van der Waals surface area contributed by atoms with E-state index in [2.05, 4.69) is 0 Å². The third-order valence-corrected chi connectivity index (χ3v) is 0.733. The van der Waals surface area contributed by atoms with Crippen molar-refractivity contribution in [3.8, 4) is 0 Å². The lowest BCUT2D eigenvalue weighted by Crippen LogP contribution is -1.63. The summed E-state index contributed by atoms with van der Waals surface area (Å²) >= 11 is 0. The van der Waals surface area contributed by atoms with Crippen molar-refractivity contribution < 1.29 is 14.0 Å². The summed E-state index contributed by atoms with van der Waals surface area (Å²) in [4.78, 5) is 16.5. The highest BCUT2D eigenvalue weighted by Crippen LogP contribution is 1.91. The normalized spacial score (nSPS) is 5.92. The lowest BCUT2D eigenvalue weighted by molar-refractivity contribution is 0.568. The zero-order chi connectivity index (χ0) is 10.5. The van der Waals surface area contributed by atoms with Crippen LogP contribution >= 0.6 is 0 Å². The molecule has 0 spiro atoms. The second-order valence-corrected chi connectivity index (χ2v) is 1.48. The molecule has 68 valence electrons. The Morgan fingerprint density at radius 1 is 1.00 bits per heavy atom. The van der Waals surface area contributed by atoms with Gasteiger partial charge in [0.15, 0.2) is 0 Å². The van der Waals surface area contributed by atoms with Crippen molar-refractivity contribution in [2.75, 3.05) is 0 Å². The van der Waals surface area contributed by atoms with Crippen LogP contribution < -0.4 is 0 Å². The molecule has 5 heteroatoms. The third-order valence-electron chi connectivity index (χ3n) is 0.733. The van der Waals surface area contributed by atoms with Crippen molar-refractivity contribution in [3.05, 3.63) is 47.0 Å². The fourth-order valence-corrected chi connectivity index (χ4v) is 0.415. The Balaban J connectivity index is 0. The molecule has 13 heavy (non-hydrogen) atoms. The number of hydrogen-bond donors (Lipinski definition) is 0. The first-order valence-corrected chi connectivity index (χ1v) is 2.96. The first kappa shape index (κ1) is 13.5. The zero-order valence-electron chi connectivity index (χ0n) is 6.48. The maximum Gasteiger partial charge on any atom is 0.123 e. The van der Waals surface area contributed by atoms with Crippen LogP contribution in [-0.2, 0) is 9.59 Å². The van der Waals surface area contributed by atoms with Crippen molar-refractivity contribution in [2.45, 2.75) is 0 Å². The minimum Gasteiger partial charge on any atom is -0.724 e. The summed E-state index contributed by atoms with van der Waals surface area (Å²) in [5.74, 6) is -0.178. The molecule has 0 bridgehead atoms. The van der Waals surface area contributed by atoms with Crippen molar-refractivity contribution >= 4 is 12.2 Å². The SMILES string of the molecule is Fc1ccccc1.[N-]=C=O.[N-]=C=O. The van der Waals surface area contributed by atoms with E-state index < -0.39 is 0 Å². The van der Waals surface area contributed by atoms with Crippen LogP contribution in [0, 0.1) is 5.82 Å². The molecule has 0 aliphatic carbocycles. The Morgan fingerprint density at radius 2 is 1.31 bits per heavy atom. The fourth-order valence-electron chi connectivity index (χ4n) is 0.415. The van der Waals surface area contributed by atoms with Gasteiger partial charge in [0, 0.05) is 0 Å². The molecule has 0 atom stereocenters. The summed E-state index contributed by atoms with van der Waals surface area (Å²) in [6.45, 7) is 0. The van der Waals surface area contributed by atoms with E-state index in [-0.39, 0.29) is 5.82 Å². The van der Waals surface area contributed by atoms with Crippen molar-refractivity contribution in [2.24, 2.45) is 0 Å². The van der Waals surface area contributed by atoms with Crippen molar-refractivity contribution in [3.63, 3.8) is 0 Å². The average Bonchev–Trinajstić information content (AvgIpc) is 2.08. The molecule has 0 aliphatic rings. The van der Waals surface area contributed by atoms with Gasteiger partial charge in [-0.25, -0.2) is 4.39 Å². The molecule has 0 aliphatic heterocycles. The maximum atomic E-state index is 11.9. The molecule has 0 heterocycles. The Hall–Kier alpha value is -2.09. The molecule has 1 aromatic carbocycles. The predicted molar refractivity (Wildman–Crippen MR) is 44.5 cm³/mol. The molecule has 0 saturated carbocycles. The topological polar surface area (TPSA) is 78.7 Å². The molecule has 0 saturated heterocycles. The van der Waals surface area contributed by atoms with E-state index >= 15 is 0 Å². The van der Waals surface area contributed by atoms with Crippen molar-refractivity contribution in [1.82, 2.24) is 0 Å². The molecule has 1 rings (SSSR count). The van der Waals surface area contributed by atoms with E-state index in [1.807, 2.05) is 0 Å². The highest BCUT2D eigenvalue weighted by atomic mass is 19.1. The molecular weight excluding hydrogens is 175 g/mol. The second kappa shape index (κ2) is 12.6. The Bertz CT molecular complexity index is 263. The van der Waals surface area contributed by atoms with E-state index in [1.54, 1.807) is 18.2 Å². The van der Waals surface area contributed by atoms with Gasteiger partial charge in [-0.3, -0.25) is 9.59 Å². The van der Waals surface area contributed by atoms with Crippen LogP contribution in [-0.4, -0.2) is 12.2 Å². The number of benzene rings is 1. The molecule has 4 nitrogen and oxygen atoms in total. The number of nitrogens with zero attached hydrogens (tertiary/aromatic N) is 2. The lowest BCUT2D eigenvalue weighted by Gasteiger charge is -1.78. The summed E-state index contributed by atoms with van der Waals surface area (Å²) in [5.41, 5.74) is 0. The van der Waals surface area contributed by atoms with Gasteiger partial charge in [-0.15, -0.1) is 0 Å². The number of isocyanates is 2. The number of halogens is 1. The lowest BCUT2D eigenvalue weighted by atomic mass is 10.4. The van der Waals surface area contributed by atoms with Gasteiger partial charge < -0.3 is 10.8 Å². The third kappa shape index (κ3) is 17.8. The van der Waals surface area contributed by atoms with Gasteiger partial charge in [-0.05, 0) is 24.3 Å². The van der Waals surface area contributed by atoms with E-state index in [4.69, 9.17) is 20.4 Å². The second-order valence-electron chi connectivity index (χ2n) is 1.48. The molecule has 0 amide bonds. The first-order chi connectivity index (χ1) is 6.22. The van der Waals surface area contributed by atoms with E-state index in [0.29, 0.717) is 12.2 Å². The highest BCUT2D eigenvalue weighted by Gasteiger charge is 1.77. The van der Waals surface area contributed by atoms with E-state index in [1.165, 1.54) is 12.1 Å². The minimum atomic E-state index is -0.178. The summed E-state index contributed by atoms with van der Waals surface area (Å²) in [6, 6.07) is 7.94. The summed E-state index contributed by atoms with van der Waals surface area (Å²) in [6.07, 6.45) is 1.00. The molecule has 1 aromatic rings. The van der Waals surface area contributed by atoms with Gasteiger partial charge in [0.1, 0.15) is 5.82 Å². The quantitative estimate of drug-likeness (QED) is 0.449. The van der Waals surface area contributed by atoms with Crippen LogP contribution in [0.3, 0.4) is 0 Å². The minimum absolute atomic E-state index is 0.178. The van der Waals surface area contributed by atoms with Gasteiger partial charge in [0.25, 0.3) is 0 Å². The number of rotatable bonds is 0.